The molecule has 1 aliphatic heterocycles. The van der Waals surface area contributed by atoms with Crippen molar-refractivity contribution < 1.29 is 40.7 Å². The van der Waals surface area contributed by atoms with E-state index in [0.29, 0.717) is 9.80 Å². The highest BCUT2D eigenvalue weighted by atomic mass is 19.4. The molecular formula is C14H13F6N3O3. The van der Waals surface area contributed by atoms with Gasteiger partial charge in [-0.25, -0.2) is 4.79 Å². The fourth-order valence-corrected chi connectivity index (χ4v) is 2.35. The number of hydrogen-bond acceptors (Lipinski definition) is 4. The van der Waals surface area contributed by atoms with E-state index >= 15 is 0 Å². The monoisotopic (exact) mass is 385 g/mol. The average Bonchev–Trinajstić information content (AvgIpc) is 2.62. The van der Waals surface area contributed by atoms with Crippen LogP contribution in [-0.2, 0) is 9.53 Å². The summed E-state index contributed by atoms with van der Waals surface area (Å²) in [5.41, 5.74) is 5.02. The molecule has 2 rings (SSSR count). The minimum atomic E-state index is -4.79. The first kappa shape index (κ1) is 19.8. The molecule has 0 saturated carbocycles. The lowest BCUT2D eigenvalue weighted by Crippen LogP contribution is -2.50. The molecule has 1 aliphatic rings. The van der Waals surface area contributed by atoms with Crippen molar-refractivity contribution in [3.8, 4) is 0 Å². The molecule has 0 saturated heterocycles. The Morgan fingerprint density at radius 3 is 2.23 bits per heavy atom. The predicted molar refractivity (Wildman–Crippen MR) is 77.6 cm³/mol. The van der Waals surface area contributed by atoms with Gasteiger partial charge in [-0.2, -0.15) is 26.3 Å². The van der Waals surface area contributed by atoms with E-state index in [2.05, 4.69) is 4.74 Å². The van der Waals surface area contributed by atoms with Gasteiger partial charge in [-0.15, -0.1) is 0 Å². The molecule has 0 bridgehead atoms. The number of nitrogens with two attached hydrogens (primary N) is 1. The van der Waals surface area contributed by atoms with Gasteiger partial charge in [0.1, 0.15) is 12.6 Å². The predicted octanol–water partition coefficient (Wildman–Crippen LogP) is 2.43. The number of nitrogens with zero attached hydrogens (tertiary/aromatic N) is 2. The highest BCUT2D eigenvalue weighted by Gasteiger charge is 2.41. The first-order chi connectivity index (χ1) is 11.9. The number of amides is 2. The minimum absolute atomic E-state index is 0.217. The van der Waals surface area contributed by atoms with Crippen LogP contribution in [0.5, 0.6) is 0 Å². The SMILES string of the molecule is NC1CN(C(=O)OCC(F)(F)F)c2ccccc2N(CC(F)(F)F)C1=O. The summed E-state index contributed by atoms with van der Waals surface area (Å²) in [6.07, 6.45) is -11.0. The molecule has 26 heavy (non-hydrogen) atoms. The Balaban J connectivity index is 2.40. The van der Waals surface area contributed by atoms with Crippen molar-refractivity contribution >= 4 is 23.4 Å². The van der Waals surface area contributed by atoms with Crippen molar-refractivity contribution in [3.63, 3.8) is 0 Å². The normalized spacial score (nSPS) is 18.4. The molecule has 1 heterocycles. The zero-order chi connectivity index (χ0) is 19.7. The van der Waals surface area contributed by atoms with E-state index in [1.54, 1.807) is 0 Å². The summed E-state index contributed by atoms with van der Waals surface area (Å²) in [6, 6.07) is 3.38. The van der Waals surface area contributed by atoms with Crippen LogP contribution in [0.3, 0.4) is 0 Å². The lowest BCUT2D eigenvalue weighted by atomic mass is 10.2. The molecule has 2 amide bonds. The third kappa shape index (κ3) is 4.77. The molecule has 0 spiro atoms. The summed E-state index contributed by atoms with van der Waals surface area (Å²) in [7, 11) is 0. The molecule has 2 N–H and O–H groups in total. The number of halogens is 6. The Kier molecular flexibility index (Phi) is 5.35. The van der Waals surface area contributed by atoms with Gasteiger partial charge >= 0.3 is 18.4 Å². The number of anilines is 2. The smallest absolute Gasteiger partial charge is 0.422 e. The zero-order valence-corrected chi connectivity index (χ0v) is 13.0. The summed E-state index contributed by atoms with van der Waals surface area (Å²) in [6.45, 7) is -4.19. The topological polar surface area (TPSA) is 75.9 Å². The summed E-state index contributed by atoms with van der Waals surface area (Å²) >= 11 is 0. The lowest BCUT2D eigenvalue weighted by molar-refractivity contribution is -0.159. The number of carbonyl (C=O) groups is 2. The molecule has 1 aromatic rings. The van der Waals surface area contributed by atoms with Crippen molar-refractivity contribution in [1.82, 2.24) is 0 Å². The highest BCUT2D eigenvalue weighted by molar-refractivity contribution is 6.05. The number of benzene rings is 1. The number of carbonyl (C=O) groups excluding carboxylic acids is 2. The second kappa shape index (κ2) is 7.02. The third-order valence-electron chi connectivity index (χ3n) is 3.34. The Labute approximate surface area is 143 Å². The van der Waals surface area contributed by atoms with E-state index in [4.69, 9.17) is 5.73 Å². The third-order valence-corrected chi connectivity index (χ3v) is 3.34. The van der Waals surface area contributed by atoms with Gasteiger partial charge in [-0.3, -0.25) is 14.6 Å². The average molecular weight is 385 g/mol. The van der Waals surface area contributed by atoms with Crippen LogP contribution in [0.25, 0.3) is 0 Å². The maximum absolute atomic E-state index is 12.8. The van der Waals surface area contributed by atoms with Gasteiger partial charge in [-0.05, 0) is 12.1 Å². The Bertz CT molecular complexity index is 691. The fraction of sp³-hybridized carbons (Fsp3) is 0.429. The van der Waals surface area contributed by atoms with Gasteiger partial charge in [0, 0.05) is 0 Å². The van der Waals surface area contributed by atoms with Crippen molar-refractivity contribution in [2.75, 3.05) is 29.5 Å². The largest absolute Gasteiger partial charge is 0.439 e. The highest BCUT2D eigenvalue weighted by Crippen LogP contribution is 2.35. The van der Waals surface area contributed by atoms with E-state index in [0.717, 1.165) is 6.07 Å². The van der Waals surface area contributed by atoms with Gasteiger partial charge in [0.2, 0.25) is 5.91 Å². The van der Waals surface area contributed by atoms with Crippen LogP contribution in [0, 0.1) is 0 Å². The molecule has 0 aromatic heterocycles. The van der Waals surface area contributed by atoms with E-state index < -0.39 is 50.1 Å². The van der Waals surface area contributed by atoms with Crippen molar-refractivity contribution in [2.24, 2.45) is 5.73 Å². The number of fused-ring (bicyclic) bond motifs is 1. The van der Waals surface area contributed by atoms with Crippen molar-refractivity contribution in [1.29, 1.82) is 0 Å². The first-order valence-electron chi connectivity index (χ1n) is 7.13. The molecule has 0 radical (unpaired) electrons. The second-order valence-electron chi connectivity index (χ2n) is 5.42. The van der Waals surface area contributed by atoms with Gasteiger partial charge < -0.3 is 10.5 Å². The summed E-state index contributed by atoms with van der Waals surface area (Å²) in [4.78, 5) is 25.2. The molecule has 1 atom stereocenters. The van der Waals surface area contributed by atoms with Gasteiger partial charge in [-0.1, -0.05) is 12.1 Å². The number of alkyl halides is 6. The maximum atomic E-state index is 12.8. The van der Waals surface area contributed by atoms with E-state index in [-0.39, 0.29) is 11.4 Å². The van der Waals surface area contributed by atoms with E-state index in [9.17, 15) is 35.9 Å². The van der Waals surface area contributed by atoms with Crippen LogP contribution >= 0.6 is 0 Å². The molecule has 6 nitrogen and oxygen atoms in total. The molecule has 1 aromatic carbocycles. The Morgan fingerprint density at radius 2 is 1.69 bits per heavy atom. The molecule has 144 valence electrons. The summed E-state index contributed by atoms with van der Waals surface area (Å²) in [5, 5.41) is 0. The zero-order valence-electron chi connectivity index (χ0n) is 13.0. The lowest BCUT2D eigenvalue weighted by Gasteiger charge is -2.25. The number of ether oxygens (including phenoxy) is 1. The van der Waals surface area contributed by atoms with Crippen LogP contribution in [0.4, 0.5) is 42.5 Å². The Morgan fingerprint density at radius 1 is 1.12 bits per heavy atom. The number of rotatable bonds is 2. The Hall–Kier alpha value is -2.50. The molecule has 1 unspecified atom stereocenters. The molecular weight excluding hydrogens is 372 g/mol. The van der Waals surface area contributed by atoms with E-state index in [1.807, 2.05) is 0 Å². The second-order valence-corrected chi connectivity index (χ2v) is 5.42. The molecule has 12 heteroatoms. The molecule has 0 aliphatic carbocycles. The molecule has 0 fully saturated rings. The van der Waals surface area contributed by atoms with Gasteiger partial charge in [0.05, 0.1) is 17.9 Å². The summed E-state index contributed by atoms with van der Waals surface area (Å²) in [5.74, 6) is -1.12. The van der Waals surface area contributed by atoms with Crippen LogP contribution in [-0.4, -0.2) is 50.1 Å². The van der Waals surface area contributed by atoms with Crippen molar-refractivity contribution in [3.05, 3.63) is 24.3 Å². The van der Waals surface area contributed by atoms with Gasteiger partial charge in [0.15, 0.2) is 6.61 Å². The fourth-order valence-electron chi connectivity index (χ4n) is 2.35. The van der Waals surface area contributed by atoms with E-state index in [1.165, 1.54) is 18.2 Å². The first-order valence-corrected chi connectivity index (χ1v) is 7.13. The van der Waals surface area contributed by atoms with Gasteiger partial charge in [0.25, 0.3) is 0 Å². The summed E-state index contributed by atoms with van der Waals surface area (Å²) < 4.78 is 79.3. The number of hydrogen-bond donors (Lipinski definition) is 1. The maximum Gasteiger partial charge on any atom is 0.422 e. The minimum Gasteiger partial charge on any atom is -0.439 e. The van der Waals surface area contributed by atoms with Crippen LogP contribution in [0.2, 0.25) is 0 Å². The van der Waals surface area contributed by atoms with Crippen LogP contribution < -0.4 is 15.5 Å². The number of para-hydroxylation sites is 2. The van der Waals surface area contributed by atoms with Crippen molar-refractivity contribution in [2.45, 2.75) is 18.4 Å². The quantitative estimate of drug-likeness (QED) is 0.794. The van der Waals surface area contributed by atoms with Crippen LogP contribution in [0.1, 0.15) is 0 Å². The standard InChI is InChI=1S/C14H13F6N3O3/c15-13(16,17)6-23-10-4-2-1-3-9(10)22(5-8(21)11(23)24)12(25)26-7-14(18,19)20/h1-4,8H,5-7,21H2. The van der Waals surface area contributed by atoms with Crippen LogP contribution in [0.15, 0.2) is 24.3 Å².